The maximum absolute atomic E-state index is 12.7. The largest absolute Gasteiger partial charge is 0.491 e. The molecule has 2 aliphatic rings. The molecule has 5 nitrogen and oxygen atoms in total. The van der Waals surface area contributed by atoms with Gasteiger partial charge in [0.1, 0.15) is 12.4 Å². The van der Waals surface area contributed by atoms with E-state index in [2.05, 4.69) is 19.2 Å². The van der Waals surface area contributed by atoms with E-state index in [1.54, 1.807) is 6.07 Å². The van der Waals surface area contributed by atoms with Crippen molar-refractivity contribution < 1.29 is 19.0 Å². The zero-order chi connectivity index (χ0) is 18.1. The number of hydrogen-bond donors (Lipinski definition) is 1. The van der Waals surface area contributed by atoms with Gasteiger partial charge in [0, 0.05) is 12.2 Å². The van der Waals surface area contributed by atoms with Crippen LogP contribution in [-0.4, -0.2) is 42.5 Å². The number of carbonyl (C=O) groups excluding carboxylic acids is 1. The quantitative estimate of drug-likeness (QED) is 0.888. The van der Waals surface area contributed by atoms with Gasteiger partial charge in [-0.3, -0.25) is 4.79 Å². The summed E-state index contributed by atoms with van der Waals surface area (Å²) in [6, 6.07) is 7.30. The second kappa shape index (κ2) is 6.96. The van der Waals surface area contributed by atoms with E-state index in [-0.39, 0.29) is 29.3 Å². The second-order valence-corrected chi connectivity index (χ2v) is 8.17. The zero-order valence-corrected chi connectivity index (χ0v) is 15.6. The Labute approximate surface area is 150 Å². The highest BCUT2D eigenvalue weighted by Crippen LogP contribution is 2.37. The Balaban J connectivity index is 1.61. The molecule has 2 heterocycles. The topological polar surface area (TPSA) is 56.8 Å². The minimum atomic E-state index is -0.382. The number of carbonyl (C=O) groups is 1. The van der Waals surface area contributed by atoms with Crippen molar-refractivity contribution in [3.05, 3.63) is 29.8 Å². The van der Waals surface area contributed by atoms with Crippen LogP contribution in [0, 0.1) is 0 Å². The lowest BCUT2D eigenvalue weighted by atomic mass is 9.94. The van der Waals surface area contributed by atoms with Gasteiger partial charge in [-0.25, -0.2) is 0 Å². The first-order valence-corrected chi connectivity index (χ1v) is 9.11. The molecule has 0 bridgehead atoms. The molecule has 0 radical (unpaired) electrons. The van der Waals surface area contributed by atoms with Crippen LogP contribution in [0.2, 0.25) is 0 Å². The Bertz CT molecular complexity index is 620. The number of ether oxygens (including phenoxy) is 3. The lowest BCUT2D eigenvalue weighted by Crippen LogP contribution is -2.46. The van der Waals surface area contributed by atoms with Crippen LogP contribution in [-0.2, 0) is 9.47 Å². The number of amides is 1. The van der Waals surface area contributed by atoms with E-state index in [1.807, 2.05) is 32.0 Å². The monoisotopic (exact) mass is 347 g/mol. The fraction of sp³-hybridized carbons (Fsp3) is 0.650. The molecule has 2 saturated heterocycles. The van der Waals surface area contributed by atoms with E-state index in [1.165, 1.54) is 0 Å². The summed E-state index contributed by atoms with van der Waals surface area (Å²) in [6.07, 6.45) is 3.08. The molecule has 2 atom stereocenters. The average molecular weight is 347 g/mol. The summed E-state index contributed by atoms with van der Waals surface area (Å²) >= 11 is 0. The predicted molar refractivity (Wildman–Crippen MR) is 96.0 cm³/mol. The lowest BCUT2D eigenvalue weighted by molar-refractivity contribution is -0.0693. The molecule has 5 heteroatoms. The van der Waals surface area contributed by atoms with Gasteiger partial charge < -0.3 is 19.5 Å². The molecule has 1 aromatic rings. The third-order valence-electron chi connectivity index (χ3n) is 4.94. The highest BCUT2D eigenvalue weighted by molar-refractivity contribution is 5.94. The lowest BCUT2D eigenvalue weighted by Gasteiger charge is -2.27. The van der Waals surface area contributed by atoms with Crippen molar-refractivity contribution in [3.8, 4) is 5.75 Å². The van der Waals surface area contributed by atoms with Gasteiger partial charge >= 0.3 is 0 Å². The molecule has 1 N–H and O–H groups in total. The Morgan fingerprint density at radius 3 is 2.76 bits per heavy atom. The average Bonchev–Trinajstić information content (AvgIpc) is 3.11. The molecule has 0 saturated carbocycles. The van der Waals surface area contributed by atoms with Crippen molar-refractivity contribution in [2.75, 3.05) is 13.2 Å². The van der Waals surface area contributed by atoms with Crippen LogP contribution in [0.1, 0.15) is 57.3 Å². The van der Waals surface area contributed by atoms with Gasteiger partial charge in [-0.1, -0.05) is 6.07 Å². The molecular weight excluding hydrogens is 318 g/mol. The number of benzene rings is 1. The molecule has 2 aliphatic heterocycles. The van der Waals surface area contributed by atoms with Gasteiger partial charge in [0.2, 0.25) is 0 Å². The van der Waals surface area contributed by atoms with Gasteiger partial charge in [0.05, 0.1) is 23.3 Å². The SMILES string of the molecule is CC1(C)CC(NC(=O)c2cccc(OCC3CCCO3)c2)C(C)(C)O1. The van der Waals surface area contributed by atoms with Crippen LogP contribution in [0.3, 0.4) is 0 Å². The van der Waals surface area contributed by atoms with Crippen LogP contribution in [0.4, 0.5) is 0 Å². The summed E-state index contributed by atoms with van der Waals surface area (Å²) in [6.45, 7) is 9.50. The number of rotatable bonds is 5. The summed E-state index contributed by atoms with van der Waals surface area (Å²) < 4.78 is 17.4. The molecule has 138 valence electrons. The molecule has 0 aromatic heterocycles. The van der Waals surface area contributed by atoms with Crippen LogP contribution >= 0.6 is 0 Å². The van der Waals surface area contributed by atoms with Crippen LogP contribution < -0.4 is 10.1 Å². The highest BCUT2D eigenvalue weighted by atomic mass is 16.5. The van der Waals surface area contributed by atoms with Crippen molar-refractivity contribution in [1.29, 1.82) is 0 Å². The molecule has 2 unspecified atom stereocenters. The first-order chi connectivity index (χ1) is 11.8. The maximum atomic E-state index is 12.7. The molecule has 1 amide bonds. The summed E-state index contributed by atoms with van der Waals surface area (Å²) in [5.41, 5.74) is -0.00817. The van der Waals surface area contributed by atoms with E-state index in [0.717, 1.165) is 25.9 Å². The fourth-order valence-electron chi connectivity index (χ4n) is 3.72. The van der Waals surface area contributed by atoms with E-state index < -0.39 is 0 Å². The van der Waals surface area contributed by atoms with E-state index >= 15 is 0 Å². The second-order valence-electron chi connectivity index (χ2n) is 8.17. The molecule has 3 rings (SSSR count). The summed E-state index contributed by atoms with van der Waals surface area (Å²) in [7, 11) is 0. The number of hydrogen-bond acceptors (Lipinski definition) is 4. The molecular formula is C20H29NO4. The van der Waals surface area contributed by atoms with Gasteiger partial charge in [-0.15, -0.1) is 0 Å². The van der Waals surface area contributed by atoms with E-state index in [0.29, 0.717) is 17.9 Å². The zero-order valence-electron chi connectivity index (χ0n) is 15.6. The van der Waals surface area contributed by atoms with Crippen molar-refractivity contribution in [3.63, 3.8) is 0 Å². The normalized spacial score (nSPS) is 27.2. The van der Waals surface area contributed by atoms with Gasteiger partial charge in [0.15, 0.2) is 0 Å². The maximum Gasteiger partial charge on any atom is 0.251 e. The van der Waals surface area contributed by atoms with Gasteiger partial charge in [-0.2, -0.15) is 0 Å². The molecule has 25 heavy (non-hydrogen) atoms. The molecule has 1 aromatic carbocycles. The standard InChI is InChI=1S/C20H29NO4/c1-19(2)12-17(20(3,4)25-19)21-18(22)14-7-5-8-15(11-14)24-13-16-9-6-10-23-16/h5,7-8,11,16-17H,6,9-10,12-13H2,1-4H3,(H,21,22). The Morgan fingerprint density at radius 1 is 1.32 bits per heavy atom. The molecule has 0 aliphatic carbocycles. The summed E-state index contributed by atoms with van der Waals surface area (Å²) in [4.78, 5) is 12.7. The Hall–Kier alpha value is -1.59. The Morgan fingerprint density at radius 2 is 2.12 bits per heavy atom. The van der Waals surface area contributed by atoms with E-state index in [4.69, 9.17) is 14.2 Å². The predicted octanol–water partition coefficient (Wildman–Crippen LogP) is 3.32. The van der Waals surface area contributed by atoms with E-state index in [9.17, 15) is 4.79 Å². The van der Waals surface area contributed by atoms with Gasteiger partial charge in [0.25, 0.3) is 5.91 Å². The first-order valence-electron chi connectivity index (χ1n) is 9.11. The smallest absolute Gasteiger partial charge is 0.251 e. The van der Waals surface area contributed by atoms with Crippen LogP contribution in [0.25, 0.3) is 0 Å². The van der Waals surface area contributed by atoms with Gasteiger partial charge in [-0.05, 0) is 65.2 Å². The van der Waals surface area contributed by atoms with Crippen LogP contribution in [0.5, 0.6) is 5.75 Å². The third-order valence-corrected chi connectivity index (χ3v) is 4.94. The molecule has 0 spiro atoms. The minimum Gasteiger partial charge on any atom is -0.491 e. The molecule has 2 fully saturated rings. The summed E-state index contributed by atoms with van der Waals surface area (Å²) in [5, 5.41) is 3.12. The van der Waals surface area contributed by atoms with Crippen LogP contribution in [0.15, 0.2) is 24.3 Å². The first kappa shape index (κ1) is 18.2. The third kappa shape index (κ3) is 4.53. The van der Waals surface area contributed by atoms with Crippen molar-refractivity contribution in [2.45, 2.75) is 70.3 Å². The van der Waals surface area contributed by atoms with Crippen molar-refractivity contribution in [1.82, 2.24) is 5.32 Å². The van der Waals surface area contributed by atoms with Crippen molar-refractivity contribution >= 4 is 5.91 Å². The highest BCUT2D eigenvalue weighted by Gasteiger charge is 2.46. The minimum absolute atomic E-state index is 0.0218. The Kier molecular flexibility index (Phi) is 5.07. The number of nitrogens with one attached hydrogen (secondary N) is 1. The van der Waals surface area contributed by atoms with Crippen molar-refractivity contribution in [2.24, 2.45) is 0 Å². The summed E-state index contributed by atoms with van der Waals surface area (Å²) in [5.74, 6) is 0.604. The fourth-order valence-corrected chi connectivity index (χ4v) is 3.72.